The lowest BCUT2D eigenvalue weighted by atomic mass is 9.95. The van der Waals surface area contributed by atoms with E-state index in [-0.39, 0.29) is 18.4 Å². The smallest absolute Gasteiger partial charge is 0.408 e. The Morgan fingerprint density at radius 1 is 1.32 bits per heavy atom. The fourth-order valence-electron chi connectivity index (χ4n) is 3.01. The first-order valence-electron chi connectivity index (χ1n) is 7.72. The van der Waals surface area contributed by atoms with Crippen LogP contribution in [0.4, 0.5) is 0 Å². The minimum Gasteiger partial charge on any atom is -0.408 e. The van der Waals surface area contributed by atoms with E-state index in [1.54, 1.807) is 18.2 Å². The van der Waals surface area contributed by atoms with Crippen LogP contribution in [0.3, 0.4) is 0 Å². The summed E-state index contributed by atoms with van der Waals surface area (Å²) in [6.45, 7) is 0.312. The van der Waals surface area contributed by atoms with E-state index in [0.29, 0.717) is 22.7 Å². The number of nitrogens with zero attached hydrogens (tertiary/aromatic N) is 1. The quantitative estimate of drug-likeness (QED) is 0.940. The van der Waals surface area contributed by atoms with Crippen molar-refractivity contribution in [3.05, 3.63) is 33.8 Å². The van der Waals surface area contributed by atoms with Crippen LogP contribution in [0.5, 0.6) is 0 Å². The number of carbonyl (C=O) groups excluding carboxylic acids is 1. The second-order valence-electron chi connectivity index (χ2n) is 5.78. The molecule has 0 aliphatic heterocycles. The Bertz CT molecular complexity index is 729. The summed E-state index contributed by atoms with van der Waals surface area (Å²) in [4.78, 5) is 23.9. The van der Waals surface area contributed by atoms with Gasteiger partial charge in [-0.25, -0.2) is 4.79 Å². The zero-order valence-electron chi connectivity index (χ0n) is 12.3. The Labute approximate surface area is 133 Å². The third kappa shape index (κ3) is 3.35. The van der Waals surface area contributed by atoms with E-state index >= 15 is 0 Å². The van der Waals surface area contributed by atoms with Crippen molar-refractivity contribution < 1.29 is 9.21 Å². The van der Waals surface area contributed by atoms with E-state index < -0.39 is 5.76 Å². The fraction of sp³-hybridized carbons (Fsp3) is 0.500. The number of benzene rings is 1. The molecule has 1 aliphatic carbocycles. The number of amides is 1. The minimum absolute atomic E-state index is 0.0119. The number of aryl methyl sites for hydroxylation is 1. The summed E-state index contributed by atoms with van der Waals surface area (Å²) in [5.74, 6) is -0.468. The zero-order valence-corrected chi connectivity index (χ0v) is 13.1. The Hall–Kier alpha value is -1.75. The molecule has 3 rings (SSSR count). The van der Waals surface area contributed by atoms with Gasteiger partial charge in [-0.05, 0) is 25.0 Å². The van der Waals surface area contributed by atoms with Gasteiger partial charge in [-0.1, -0.05) is 30.9 Å². The van der Waals surface area contributed by atoms with E-state index in [4.69, 9.17) is 16.0 Å². The van der Waals surface area contributed by atoms with Crippen LogP contribution in [-0.4, -0.2) is 16.5 Å². The average Bonchev–Trinajstić information content (AvgIpc) is 2.80. The van der Waals surface area contributed by atoms with Gasteiger partial charge in [0.25, 0.3) is 0 Å². The van der Waals surface area contributed by atoms with Crippen molar-refractivity contribution in [3.63, 3.8) is 0 Å². The molecule has 5 nitrogen and oxygen atoms in total. The van der Waals surface area contributed by atoms with E-state index in [2.05, 4.69) is 5.32 Å². The van der Waals surface area contributed by atoms with Gasteiger partial charge in [0.05, 0.1) is 5.52 Å². The predicted molar refractivity (Wildman–Crippen MR) is 85.1 cm³/mol. The van der Waals surface area contributed by atoms with Crippen LogP contribution < -0.4 is 11.1 Å². The second-order valence-corrected chi connectivity index (χ2v) is 6.22. The Morgan fingerprint density at radius 3 is 2.86 bits per heavy atom. The lowest BCUT2D eigenvalue weighted by molar-refractivity contribution is -0.122. The number of aromatic nitrogens is 1. The summed E-state index contributed by atoms with van der Waals surface area (Å²) in [6.07, 6.45) is 5.99. The SMILES string of the molecule is O=C(CCn1c(=O)oc2cc(Cl)ccc21)NC1CCCCC1. The lowest BCUT2D eigenvalue weighted by Crippen LogP contribution is -2.36. The molecule has 0 radical (unpaired) electrons. The van der Waals surface area contributed by atoms with Gasteiger partial charge in [-0.2, -0.15) is 0 Å². The maximum atomic E-state index is 12.0. The van der Waals surface area contributed by atoms with Crippen LogP contribution in [0.25, 0.3) is 11.1 Å². The normalized spacial score (nSPS) is 16.0. The van der Waals surface area contributed by atoms with Crippen molar-refractivity contribution in [1.82, 2.24) is 9.88 Å². The van der Waals surface area contributed by atoms with Gasteiger partial charge >= 0.3 is 5.76 Å². The summed E-state index contributed by atoms with van der Waals surface area (Å²) in [5.41, 5.74) is 1.12. The highest BCUT2D eigenvalue weighted by atomic mass is 35.5. The molecule has 1 aliphatic rings. The van der Waals surface area contributed by atoms with Crippen molar-refractivity contribution in [2.24, 2.45) is 0 Å². The monoisotopic (exact) mass is 322 g/mol. The molecule has 0 spiro atoms. The van der Waals surface area contributed by atoms with Gasteiger partial charge in [0.1, 0.15) is 0 Å². The van der Waals surface area contributed by atoms with E-state index in [1.807, 2.05) is 0 Å². The number of halogens is 1. The summed E-state index contributed by atoms with van der Waals surface area (Å²) in [7, 11) is 0. The third-order valence-corrected chi connectivity index (χ3v) is 4.40. The molecule has 0 atom stereocenters. The van der Waals surface area contributed by atoms with Gasteiger partial charge in [-0.3, -0.25) is 9.36 Å². The van der Waals surface area contributed by atoms with Gasteiger partial charge < -0.3 is 9.73 Å². The maximum absolute atomic E-state index is 12.0. The number of fused-ring (bicyclic) bond motifs is 1. The van der Waals surface area contributed by atoms with Crippen LogP contribution in [-0.2, 0) is 11.3 Å². The molecule has 0 bridgehead atoms. The van der Waals surface area contributed by atoms with Gasteiger partial charge in [-0.15, -0.1) is 0 Å². The molecule has 1 heterocycles. The largest absolute Gasteiger partial charge is 0.419 e. The van der Waals surface area contributed by atoms with Crippen LogP contribution >= 0.6 is 11.6 Å². The summed E-state index contributed by atoms with van der Waals surface area (Å²) in [6, 6.07) is 5.34. The molecule has 6 heteroatoms. The molecule has 2 aromatic rings. The first kappa shape index (κ1) is 15.2. The first-order chi connectivity index (χ1) is 10.6. The molecule has 118 valence electrons. The van der Waals surface area contributed by atoms with E-state index in [1.165, 1.54) is 23.8 Å². The molecule has 1 aromatic heterocycles. The molecule has 1 amide bonds. The molecule has 1 aromatic carbocycles. The number of rotatable bonds is 4. The molecule has 0 saturated heterocycles. The Kier molecular flexibility index (Phi) is 4.52. The standard InChI is InChI=1S/C16H19ClN2O3/c17-11-6-7-13-14(10-11)22-16(21)19(13)9-8-15(20)18-12-4-2-1-3-5-12/h6-7,10,12H,1-5,8-9H2,(H,18,20). The zero-order chi connectivity index (χ0) is 15.5. The van der Waals surface area contributed by atoms with Gasteiger partial charge in [0.2, 0.25) is 5.91 Å². The molecular formula is C16H19ClN2O3. The van der Waals surface area contributed by atoms with Crippen LogP contribution in [0, 0.1) is 0 Å². The number of hydrogen-bond donors (Lipinski definition) is 1. The van der Waals surface area contributed by atoms with Crippen LogP contribution in [0.1, 0.15) is 38.5 Å². The summed E-state index contributed by atoms with van der Waals surface area (Å²) in [5, 5.41) is 3.57. The highest BCUT2D eigenvalue weighted by Crippen LogP contribution is 2.19. The number of carbonyl (C=O) groups is 1. The fourth-order valence-corrected chi connectivity index (χ4v) is 3.17. The minimum atomic E-state index is -0.456. The molecule has 1 fully saturated rings. The van der Waals surface area contributed by atoms with Gasteiger partial charge in [0, 0.05) is 30.1 Å². The van der Waals surface area contributed by atoms with Crippen molar-refractivity contribution in [3.8, 4) is 0 Å². The number of nitrogens with one attached hydrogen (secondary N) is 1. The average molecular weight is 323 g/mol. The van der Waals surface area contributed by atoms with Crippen LogP contribution in [0.15, 0.2) is 27.4 Å². The Morgan fingerprint density at radius 2 is 2.09 bits per heavy atom. The van der Waals surface area contributed by atoms with Crippen molar-refractivity contribution >= 4 is 28.6 Å². The molecule has 1 N–H and O–H groups in total. The van der Waals surface area contributed by atoms with E-state index in [0.717, 1.165) is 12.8 Å². The third-order valence-electron chi connectivity index (χ3n) is 4.16. The molecule has 22 heavy (non-hydrogen) atoms. The van der Waals surface area contributed by atoms with Crippen molar-refractivity contribution in [2.75, 3.05) is 0 Å². The summed E-state index contributed by atoms with van der Waals surface area (Å²) < 4.78 is 6.63. The number of oxazole rings is 1. The molecule has 0 unspecified atom stereocenters. The van der Waals surface area contributed by atoms with Crippen LogP contribution in [0.2, 0.25) is 5.02 Å². The van der Waals surface area contributed by atoms with Gasteiger partial charge in [0.15, 0.2) is 5.58 Å². The first-order valence-corrected chi connectivity index (χ1v) is 8.09. The molecular weight excluding hydrogens is 304 g/mol. The molecule has 1 saturated carbocycles. The Balaban J connectivity index is 1.64. The maximum Gasteiger partial charge on any atom is 0.419 e. The second kappa shape index (κ2) is 6.57. The lowest BCUT2D eigenvalue weighted by Gasteiger charge is -2.22. The highest BCUT2D eigenvalue weighted by Gasteiger charge is 2.16. The van der Waals surface area contributed by atoms with Crippen molar-refractivity contribution in [2.45, 2.75) is 51.1 Å². The predicted octanol–water partition coefficient (Wildman–Crippen LogP) is 3.09. The number of hydrogen-bond acceptors (Lipinski definition) is 3. The van der Waals surface area contributed by atoms with Crippen molar-refractivity contribution in [1.29, 1.82) is 0 Å². The topological polar surface area (TPSA) is 64.2 Å². The highest BCUT2D eigenvalue weighted by molar-refractivity contribution is 6.31. The van der Waals surface area contributed by atoms with E-state index in [9.17, 15) is 9.59 Å². The summed E-state index contributed by atoms with van der Waals surface area (Å²) >= 11 is 5.88.